The molecule has 0 saturated heterocycles. The van der Waals surface area contributed by atoms with Gasteiger partial charge in [0.15, 0.2) is 0 Å². The molecule has 0 heterocycles. The zero-order valence-electron chi connectivity index (χ0n) is 8.53. The third-order valence-corrected chi connectivity index (χ3v) is 2.12. The molecule has 0 aliphatic carbocycles. The molecule has 6 heteroatoms. The van der Waals surface area contributed by atoms with E-state index in [0.717, 1.165) is 12.1 Å². The predicted octanol–water partition coefficient (Wildman–Crippen LogP) is 2.51. The van der Waals surface area contributed by atoms with Crippen LogP contribution >= 0.6 is 12.4 Å². The van der Waals surface area contributed by atoms with Gasteiger partial charge in [-0.3, -0.25) is 0 Å². The van der Waals surface area contributed by atoms with E-state index in [0.29, 0.717) is 0 Å². The number of nitrogens with two attached hydrogens (primary N) is 1. The van der Waals surface area contributed by atoms with Crippen molar-refractivity contribution < 1.29 is 18.3 Å². The van der Waals surface area contributed by atoms with Gasteiger partial charge in [0.2, 0.25) is 0 Å². The van der Waals surface area contributed by atoms with Crippen molar-refractivity contribution >= 4 is 12.4 Å². The number of halogens is 4. The Morgan fingerprint density at radius 1 is 1.31 bits per heavy atom. The quantitative estimate of drug-likeness (QED) is 0.853. The van der Waals surface area contributed by atoms with E-state index in [1.54, 1.807) is 0 Å². The smallest absolute Gasteiger partial charge is 0.391 e. The molecule has 0 fully saturated rings. The molecule has 3 N–H and O–H groups in total. The summed E-state index contributed by atoms with van der Waals surface area (Å²) in [5.41, 5.74) is 5.06. The molecule has 0 aliphatic rings. The zero-order chi connectivity index (χ0) is 11.6. The highest BCUT2D eigenvalue weighted by atomic mass is 35.5. The maximum Gasteiger partial charge on any atom is 0.416 e. The van der Waals surface area contributed by atoms with E-state index in [1.807, 2.05) is 0 Å². The number of aliphatic hydroxyl groups is 1. The van der Waals surface area contributed by atoms with Gasteiger partial charge in [0, 0.05) is 0 Å². The Morgan fingerprint density at radius 3 is 2.31 bits per heavy atom. The molecule has 2 nitrogen and oxygen atoms in total. The molecule has 16 heavy (non-hydrogen) atoms. The average Bonchev–Trinajstić information content (AvgIpc) is 2.15. The Kier molecular flexibility index (Phi) is 5.25. The molecule has 92 valence electrons. The van der Waals surface area contributed by atoms with Crippen LogP contribution in [-0.4, -0.2) is 11.2 Å². The van der Waals surface area contributed by atoms with Gasteiger partial charge in [0.05, 0.1) is 17.7 Å². The minimum atomic E-state index is -4.38. The summed E-state index contributed by atoms with van der Waals surface area (Å²) in [4.78, 5) is 0. The highest BCUT2D eigenvalue weighted by Crippen LogP contribution is 2.30. The Labute approximate surface area is 97.7 Å². The van der Waals surface area contributed by atoms with Gasteiger partial charge >= 0.3 is 6.18 Å². The van der Waals surface area contributed by atoms with Crippen LogP contribution in [0.15, 0.2) is 24.3 Å². The van der Waals surface area contributed by atoms with Crippen LogP contribution in [0.4, 0.5) is 13.2 Å². The molecule has 0 radical (unpaired) electrons. The number of rotatable bonds is 2. The molecule has 0 unspecified atom stereocenters. The van der Waals surface area contributed by atoms with Crippen molar-refractivity contribution in [3.05, 3.63) is 35.4 Å². The third-order valence-electron chi connectivity index (χ3n) is 2.12. The van der Waals surface area contributed by atoms with Crippen LogP contribution in [0.3, 0.4) is 0 Å². The lowest BCUT2D eigenvalue weighted by Gasteiger charge is -2.16. The molecule has 1 aromatic carbocycles. The molecule has 1 rings (SSSR count). The van der Waals surface area contributed by atoms with E-state index in [9.17, 15) is 13.2 Å². The molecule has 0 saturated carbocycles. The summed E-state index contributed by atoms with van der Waals surface area (Å²) >= 11 is 0. The lowest BCUT2D eigenvalue weighted by atomic mass is 10.0. The van der Waals surface area contributed by atoms with E-state index >= 15 is 0 Å². The molecule has 0 amide bonds. The predicted molar refractivity (Wildman–Crippen MR) is 57.3 cm³/mol. The van der Waals surface area contributed by atoms with Crippen molar-refractivity contribution in [2.24, 2.45) is 5.73 Å². The van der Waals surface area contributed by atoms with Gasteiger partial charge in [0.25, 0.3) is 0 Å². The molecule has 2 atom stereocenters. The molecule has 1 aromatic rings. The highest BCUT2D eigenvalue weighted by molar-refractivity contribution is 5.85. The van der Waals surface area contributed by atoms with Crippen molar-refractivity contribution in [1.29, 1.82) is 0 Å². The summed E-state index contributed by atoms with van der Waals surface area (Å²) in [6.07, 6.45) is -5.26. The van der Waals surface area contributed by atoms with Crippen molar-refractivity contribution in [2.45, 2.75) is 25.2 Å². The van der Waals surface area contributed by atoms with Crippen molar-refractivity contribution in [3.8, 4) is 0 Å². The number of alkyl halides is 3. The molecule has 0 spiro atoms. The lowest BCUT2D eigenvalue weighted by Crippen LogP contribution is -2.23. The van der Waals surface area contributed by atoms with Crippen molar-refractivity contribution in [1.82, 2.24) is 0 Å². The van der Waals surface area contributed by atoms with Crippen LogP contribution in [-0.2, 0) is 6.18 Å². The van der Waals surface area contributed by atoms with E-state index < -0.39 is 23.9 Å². The summed E-state index contributed by atoms with van der Waals surface area (Å²) in [6.45, 7) is 1.44. The maximum absolute atomic E-state index is 12.3. The van der Waals surface area contributed by atoms with Gasteiger partial charge in [-0.15, -0.1) is 12.4 Å². The monoisotopic (exact) mass is 255 g/mol. The minimum absolute atomic E-state index is 0. The summed E-state index contributed by atoms with van der Waals surface area (Å²) < 4.78 is 37.0. The van der Waals surface area contributed by atoms with Crippen molar-refractivity contribution in [3.63, 3.8) is 0 Å². The van der Waals surface area contributed by atoms with Crippen LogP contribution in [0.5, 0.6) is 0 Å². The zero-order valence-corrected chi connectivity index (χ0v) is 9.35. The lowest BCUT2D eigenvalue weighted by molar-refractivity contribution is -0.137. The maximum atomic E-state index is 12.3. The molecular formula is C10H13ClF3NO. The summed E-state index contributed by atoms with van der Waals surface area (Å²) in [7, 11) is 0. The third kappa shape index (κ3) is 3.66. The second-order valence-electron chi connectivity index (χ2n) is 3.39. The standard InChI is InChI=1S/C10H12F3NO.ClH/c1-6(15)9(14)7-3-2-4-8(5-7)10(11,12)13;/h2-6,9,15H,14H2,1H3;1H/t6-,9-;/m1./s1. The number of benzene rings is 1. The first kappa shape index (κ1) is 15.2. The van der Waals surface area contributed by atoms with Crippen LogP contribution < -0.4 is 5.73 Å². The van der Waals surface area contributed by atoms with Gasteiger partial charge in [0.1, 0.15) is 0 Å². The van der Waals surface area contributed by atoms with Crippen LogP contribution in [0.2, 0.25) is 0 Å². The summed E-state index contributed by atoms with van der Waals surface area (Å²) in [5, 5.41) is 9.16. The van der Waals surface area contributed by atoms with Crippen LogP contribution in [0.25, 0.3) is 0 Å². The molecule has 0 aromatic heterocycles. The van der Waals surface area contributed by atoms with Gasteiger partial charge in [-0.25, -0.2) is 0 Å². The minimum Gasteiger partial charge on any atom is -0.391 e. The number of hydrogen-bond donors (Lipinski definition) is 2. The fourth-order valence-corrected chi connectivity index (χ4v) is 1.20. The normalized spacial score (nSPS) is 15.1. The SMILES string of the molecule is C[C@@H](O)[C@@H](N)c1cccc(C(F)(F)F)c1.Cl. The molecule has 0 bridgehead atoms. The second-order valence-corrected chi connectivity index (χ2v) is 3.39. The Hall–Kier alpha value is -0.780. The summed E-state index contributed by atoms with van der Waals surface area (Å²) in [6, 6.07) is 3.87. The Balaban J connectivity index is 0.00000225. The first-order chi connectivity index (χ1) is 6.82. The van der Waals surface area contributed by atoms with Crippen LogP contribution in [0.1, 0.15) is 24.1 Å². The molecular weight excluding hydrogens is 243 g/mol. The fraction of sp³-hybridized carbons (Fsp3) is 0.400. The summed E-state index contributed by atoms with van der Waals surface area (Å²) in [5.74, 6) is 0. The average molecular weight is 256 g/mol. The number of aliphatic hydroxyl groups excluding tert-OH is 1. The van der Waals surface area contributed by atoms with Gasteiger partial charge in [-0.05, 0) is 24.6 Å². The van der Waals surface area contributed by atoms with E-state index in [1.165, 1.54) is 19.1 Å². The fourth-order valence-electron chi connectivity index (χ4n) is 1.20. The topological polar surface area (TPSA) is 46.2 Å². The van der Waals surface area contributed by atoms with Gasteiger partial charge in [-0.1, -0.05) is 12.1 Å². The first-order valence-corrected chi connectivity index (χ1v) is 4.43. The number of hydrogen-bond acceptors (Lipinski definition) is 2. The first-order valence-electron chi connectivity index (χ1n) is 4.43. The largest absolute Gasteiger partial charge is 0.416 e. The van der Waals surface area contributed by atoms with E-state index in [-0.39, 0.29) is 18.0 Å². The van der Waals surface area contributed by atoms with E-state index in [4.69, 9.17) is 10.8 Å². The van der Waals surface area contributed by atoms with Crippen LogP contribution in [0, 0.1) is 0 Å². The van der Waals surface area contributed by atoms with Gasteiger partial charge < -0.3 is 10.8 Å². The highest BCUT2D eigenvalue weighted by Gasteiger charge is 2.30. The second kappa shape index (κ2) is 5.52. The Bertz CT molecular complexity index is 341. The van der Waals surface area contributed by atoms with E-state index in [2.05, 4.69) is 0 Å². The molecule has 0 aliphatic heterocycles. The van der Waals surface area contributed by atoms with Crippen molar-refractivity contribution in [2.75, 3.05) is 0 Å². The van der Waals surface area contributed by atoms with Gasteiger partial charge in [-0.2, -0.15) is 13.2 Å². The Morgan fingerprint density at radius 2 is 1.88 bits per heavy atom.